The van der Waals surface area contributed by atoms with Crippen LogP contribution in [0.25, 0.3) is 0 Å². The summed E-state index contributed by atoms with van der Waals surface area (Å²) in [4.78, 5) is 25.7. The van der Waals surface area contributed by atoms with Crippen LogP contribution in [0.4, 0.5) is 5.69 Å². The van der Waals surface area contributed by atoms with Crippen LogP contribution in [0.1, 0.15) is 12.8 Å². The number of benzene rings is 1. The van der Waals surface area contributed by atoms with E-state index in [2.05, 4.69) is 0 Å². The first-order valence-electron chi connectivity index (χ1n) is 6.00. The van der Waals surface area contributed by atoms with Crippen LogP contribution < -0.4 is 4.90 Å². The highest BCUT2D eigenvalue weighted by Crippen LogP contribution is 2.38. The summed E-state index contributed by atoms with van der Waals surface area (Å²) in [6, 6.07) is 6.26. The van der Waals surface area contributed by atoms with Crippen LogP contribution in [0.5, 0.6) is 5.75 Å². The number of phenolic OH excluding ortho intramolecular Hbond substituents is 1. The maximum atomic E-state index is 12.3. The van der Waals surface area contributed by atoms with Crippen LogP contribution >= 0.6 is 0 Å². The molecule has 3 rings (SSSR count). The third-order valence-electron chi connectivity index (χ3n) is 3.60. The molecule has 1 aromatic carbocycles. The highest BCUT2D eigenvalue weighted by Gasteiger charge is 2.47. The lowest BCUT2D eigenvalue weighted by Crippen LogP contribution is -2.30. The Morgan fingerprint density at radius 1 is 1.06 bits per heavy atom. The van der Waals surface area contributed by atoms with Crippen LogP contribution in [0.2, 0.25) is 0 Å². The second-order valence-corrected chi connectivity index (χ2v) is 4.69. The Bertz CT molecular complexity index is 524. The average Bonchev–Trinajstić information content (AvgIpc) is 2.63. The van der Waals surface area contributed by atoms with Gasteiger partial charge in [-0.05, 0) is 25.0 Å². The Morgan fingerprint density at radius 2 is 1.67 bits per heavy atom. The van der Waals surface area contributed by atoms with Crippen molar-refractivity contribution in [2.24, 2.45) is 11.8 Å². The minimum atomic E-state index is -0.232. The number of nitrogens with zero attached hydrogens (tertiary/aromatic N) is 1. The third-order valence-corrected chi connectivity index (χ3v) is 3.60. The number of hydrogen-bond donors (Lipinski definition) is 1. The van der Waals surface area contributed by atoms with Crippen LogP contribution in [0, 0.1) is 11.8 Å². The van der Waals surface area contributed by atoms with Gasteiger partial charge in [0.25, 0.3) is 0 Å². The predicted molar refractivity (Wildman–Crippen MR) is 66.0 cm³/mol. The second-order valence-electron chi connectivity index (χ2n) is 4.69. The Kier molecular flexibility index (Phi) is 2.44. The van der Waals surface area contributed by atoms with Crippen molar-refractivity contribution in [1.82, 2.24) is 0 Å². The Balaban J connectivity index is 1.99. The molecule has 1 aliphatic heterocycles. The van der Waals surface area contributed by atoms with Crippen molar-refractivity contribution >= 4 is 17.5 Å². The third kappa shape index (κ3) is 1.53. The molecule has 1 aromatic rings. The van der Waals surface area contributed by atoms with E-state index in [0.717, 1.165) is 0 Å². The Hall–Kier alpha value is -2.10. The van der Waals surface area contributed by atoms with E-state index in [1.54, 1.807) is 12.1 Å². The highest BCUT2D eigenvalue weighted by molar-refractivity contribution is 6.22. The standard InChI is InChI=1S/C14H13NO3/c16-10-5-3-4-9(8-10)15-13(17)11-6-1-2-7-12(11)14(15)18/h1-5,8,11-12,16H,6-7H2. The maximum absolute atomic E-state index is 12.3. The normalized spacial score (nSPS) is 26.6. The second kappa shape index (κ2) is 3.98. The van der Waals surface area contributed by atoms with E-state index in [0.29, 0.717) is 18.5 Å². The van der Waals surface area contributed by atoms with E-state index in [1.807, 2.05) is 12.2 Å². The van der Waals surface area contributed by atoms with E-state index >= 15 is 0 Å². The largest absolute Gasteiger partial charge is 0.508 e. The molecule has 1 heterocycles. The Labute approximate surface area is 105 Å². The van der Waals surface area contributed by atoms with Crippen molar-refractivity contribution in [3.63, 3.8) is 0 Å². The van der Waals surface area contributed by atoms with Crippen LogP contribution in [0.15, 0.2) is 36.4 Å². The SMILES string of the molecule is O=C1C2CC=CCC2C(=O)N1c1cccc(O)c1. The summed E-state index contributed by atoms with van der Waals surface area (Å²) in [5.41, 5.74) is 0.458. The number of phenols is 1. The zero-order chi connectivity index (χ0) is 12.7. The summed E-state index contributed by atoms with van der Waals surface area (Å²) < 4.78 is 0. The molecule has 1 fully saturated rings. The van der Waals surface area contributed by atoms with E-state index in [-0.39, 0.29) is 29.4 Å². The number of fused-ring (bicyclic) bond motifs is 1. The summed E-state index contributed by atoms with van der Waals surface area (Å²) in [5.74, 6) is -0.712. The molecule has 0 saturated carbocycles. The lowest BCUT2D eigenvalue weighted by molar-refractivity contribution is -0.122. The number of amides is 2. The molecular weight excluding hydrogens is 230 g/mol. The summed E-state index contributed by atoms with van der Waals surface area (Å²) >= 11 is 0. The van der Waals surface area contributed by atoms with Gasteiger partial charge in [-0.3, -0.25) is 9.59 Å². The maximum Gasteiger partial charge on any atom is 0.238 e. The molecule has 0 aromatic heterocycles. The fraction of sp³-hybridized carbons (Fsp3) is 0.286. The number of imide groups is 1. The van der Waals surface area contributed by atoms with E-state index < -0.39 is 0 Å². The Morgan fingerprint density at radius 3 is 2.22 bits per heavy atom. The monoisotopic (exact) mass is 243 g/mol. The number of rotatable bonds is 1. The van der Waals surface area contributed by atoms with Crippen molar-refractivity contribution in [1.29, 1.82) is 0 Å². The molecule has 2 aliphatic rings. The zero-order valence-electron chi connectivity index (χ0n) is 9.74. The number of aromatic hydroxyl groups is 1. The van der Waals surface area contributed by atoms with Crippen molar-refractivity contribution in [2.45, 2.75) is 12.8 Å². The molecular formula is C14H13NO3. The number of carbonyl (C=O) groups excluding carboxylic acids is 2. The molecule has 0 radical (unpaired) electrons. The van der Waals surface area contributed by atoms with Crippen molar-refractivity contribution in [3.8, 4) is 5.75 Å². The van der Waals surface area contributed by atoms with Crippen molar-refractivity contribution in [2.75, 3.05) is 4.90 Å². The molecule has 0 bridgehead atoms. The number of hydrogen-bond acceptors (Lipinski definition) is 3. The van der Waals surface area contributed by atoms with Crippen LogP contribution in [-0.2, 0) is 9.59 Å². The van der Waals surface area contributed by atoms with Crippen LogP contribution in [0.3, 0.4) is 0 Å². The number of carbonyl (C=O) groups is 2. The van der Waals surface area contributed by atoms with Crippen molar-refractivity contribution < 1.29 is 14.7 Å². The van der Waals surface area contributed by atoms with Gasteiger partial charge >= 0.3 is 0 Å². The lowest BCUT2D eigenvalue weighted by Gasteiger charge is -2.14. The molecule has 1 N–H and O–H groups in total. The van der Waals surface area contributed by atoms with Gasteiger partial charge in [0.1, 0.15) is 5.75 Å². The van der Waals surface area contributed by atoms with Gasteiger partial charge in [0.2, 0.25) is 11.8 Å². The molecule has 4 heteroatoms. The summed E-state index contributed by atoms with van der Waals surface area (Å²) in [5, 5.41) is 9.44. The fourth-order valence-corrected chi connectivity index (χ4v) is 2.69. The minimum Gasteiger partial charge on any atom is -0.508 e. The van der Waals surface area contributed by atoms with Gasteiger partial charge in [-0.25, -0.2) is 4.90 Å². The fourth-order valence-electron chi connectivity index (χ4n) is 2.69. The van der Waals surface area contributed by atoms with Gasteiger partial charge < -0.3 is 5.11 Å². The number of allylic oxidation sites excluding steroid dienone is 2. The smallest absolute Gasteiger partial charge is 0.238 e. The zero-order valence-corrected chi connectivity index (χ0v) is 9.74. The van der Waals surface area contributed by atoms with Gasteiger partial charge in [0.15, 0.2) is 0 Å². The first-order valence-corrected chi connectivity index (χ1v) is 6.00. The summed E-state index contributed by atoms with van der Waals surface area (Å²) in [6.07, 6.45) is 5.17. The number of anilines is 1. The van der Waals surface area contributed by atoms with Crippen LogP contribution in [-0.4, -0.2) is 16.9 Å². The quantitative estimate of drug-likeness (QED) is 0.605. The minimum absolute atomic E-state index is 0.0566. The topological polar surface area (TPSA) is 57.6 Å². The molecule has 18 heavy (non-hydrogen) atoms. The van der Waals surface area contributed by atoms with Gasteiger partial charge in [-0.1, -0.05) is 18.2 Å². The molecule has 0 spiro atoms. The molecule has 2 atom stereocenters. The van der Waals surface area contributed by atoms with E-state index in [9.17, 15) is 14.7 Å². The molecule has 1 aliphatic carbocycles. The summed E-state index contributed by atoms with van der Waals surface area (Å²) in [7, 11) is 0. The van der Waals surface area contributed by atoms with E-state index in [4.69, 9.17) is 0 Å². The molecule has 1 saturated heterocycles. The first-order chi connectivity index (χ1) is 8.68. The first kappa shape index (κ1) is 11.0. The molecule has 4 nitrogen and oxygen atoms in total. The molecule has 92 valence electrons. The average molecular weight is 243 g/mol. The van der Waals surface area contributed by atoms with Gasteiger partial charge in [-0.15, -0.1) is 0 Å². The van der Waals surface area contributed by atoms with E-state index in [1.165, 1.54) is 17.0 Å². The summed E-state index contributed by atoms with van der Waals surface area (Å²) in [6.45, 7) is 0. The van der Waals surface area contributed by atoms with Gasteiger partial charge in [0.05, 0.1) is 17.5 Å². The highest BCUT2D eigenvalue weighted by atomic mass is 16.3. The van der Waals surface area contributed by atoms with Gasteiger partial charge in [0, 0.05) is 6.07 Å². The predicted octanol–water partition coefficient (Wildman–Crippen LogP) is 1.85. The van der Waals surface area contributed by atoms with Crippen molar-refractivity contribution in [3.05, 3.63) is 36.4 Å². The van der Waals surface area contributed by atoms with Gasteiger partial charge in [-0.2, -0.15) is 0 Å². The molecule has 2 amide bonds. The lowest BCUT2D eigenvalue weighted by atomic mass is 9.85. The molecule has 2 unspecified atom stereocenters.